The topological polar surface area (TPSA) is 71.4 Å². The number of carboxylic acids is 1. The Morgan fingerprint density at radius 3 is 2.11 bits per heavy atom. The molecule has 0 atom stereocenters. The second-order valence-corrected chi connectivity index (χ2v) is 6.94. The molecule has 0 fully saturated rings. The van der Waals surface area contributed by atoms with Crippen molar-refractivity contribution in [1.82, 2.24) is 0 Å². The van der Waals surface area contributed by atoms with Gasteiger partial charge in [-0.2, -0.15) is 0 Å². The van der Waals surface area contributed by atoms with Crippen LogP contribution in [0.4, 0.5) is 0 Å². The van der Waals surface area contributed by atoms with E-state index in [9.17, 15) is 13.2 Å². The molecule has 0 bridgehead atoms. The van der Waals surface area contributed by atoms with Gasteiger partial charge in [-0.3, -0.25) is 4.79 Å². The lowest BCUT2D eigenvalue weighted by Crippen LogP contribution is -2.13. The van der Waals surface area contributed by atoms with Gasteiger partial charge in [-0.1, -0.05) is 38.1 Å². The van der Waals surface area contributed by atoms with Crippen molar-refractivity contribution in [3.63, 3.8) is 0 Å². The average Bonchev–Trinajstić information content (AvgIpc) is 2.17. The molecule has 0 saturated carbocycles. The lowest BCUT2D eigenvalue weighted by Gasteiger charge is -2.07. The van der Waals surface area contributed by atoms with Gasteiger partial charge in [0, 0.05) is 0 Å². The summed E-state index contributed by atoms with van der Waals surface area (Å²) in [5.41, 5.74) is 1.37. The van der Waals surface area contributed by atoms with E-state index in [0.29, 0.717) is 11.1 Å². The molecule has 0 saturated heterocycles. The largest absolute Gasteiger partial charge is 0.481 e. The number of hydrogen-bond acceptors (Lipinski definition) is 3. The van der Waals surface area contributed by atoms with E-state index in [1.807, 2.05) is 13.8 Å². The highest BCUT2D eigenvalue weighted by Gasteiger charge is 2.14. The van der Waals surface area contributed by atoms with Crippen LogP contribution in [-0.2, 0) is 26.8 Å². The summed E-state index contributed by atoms with van der Waals surface area (Å²) in [5.74, 6) is -0.598. The van der Waals surface area contributed by atoms with Crippen molar-refractivity contribution in [2.75, 3.05) is 5.75 Å². The van der Waals surface area contributed by atoms with Crippen molar-refractivity contribution in [2.24, 2.45) is 5.92 Å². The van der Waals surface area contributed by atoms with E-state index in [1.54, 1.807) is 24.3 Å². The van der Waals surface area contributed by atoms with Crippen LogP contribution in [0, 0.1) is 5.92 Å². The minimum absolute atomic E-state index is 0.0124. The molecule has 0 aliphatic carbocycles. The summed E-state index contributed by atoms with van der Waals surface area (Å²) in [6, 6.07) is 6.68. The molecular formula is C13H18O4S. The van der Waals surface area contributed by atoms with Crippen molar-refractivity contribution >= 4 is 15.8 Å². The van der Waals surface area contributed by atoms with E-state index < -0.39 is 15.8 Å². The maximum absolute atomic E-state index is 11.8. The van der Waals surface area contributed by atoms with Crippen LogP contribution in [0.3, 0.4) is 0 Å². The number of hydrogen-bond donors (Lipinski definition) is 1. The maximum atomic E-state index is 11.8. The number of rotatable bonds is 6. The Morgan fingerprint density at radius 1 is 1.17 bits per heavy atom. The van der Waals surface area contributed by atoms with E-state index in [0.717, 1.165) is 0 Å². The first-order valence-corrected chi connectivity index (χ1v) is 7.60. The lowest BCUT2D eigenvalue weighted by atomic mass is 10.1. The molecule has 0 heterocycles. The summed E-state index contributed by atoms with van der Waals surface area (Å²) >= 11 is 0. The quantitative estimate of drug-likeness (QED) is 0.856. The van der Waals surface area contributed by atoms with E-state index in [1.165, 1.54) is 0 Å². The zero-order chi connectivity index (χ0) is 13.8. The van der Waals surface area contributed by atoms with Crippen LogP contribution in [-0.4, -0.2) is 25.2 Å². The third kappa shape index (κ3) is 5.31. The number of carbonyl (C=O) groups is 1. The smallest absolute Gasteiger partial charge is 0.307 e. The third-order valence-corrected chi connectivity index (χ3v) is 4.30. The fourth-order valence-corrected chi connectivity index (χ4v) is 3.58. The Bertz CT molecular complexity index is 500. The first-order valence-electron chi connectivity index (χ1n) is 5.78. The van der Waals surface area contributed by atoms with Gasteiger partial charge in [-0.15, -0.1) is 0 Å². The van der Waals surface area contributed by atoms with E-state index in [2.05, 4.69) is 0 Å². The monoisotopic (exact) mass is 270 g/mol. The molecule has 0 aliphatic heterocycles. The Labute approximate surface area is 108 Å². The standard InChI is InChI=1S/C13H18O4S/c1-10(2)8-18(16,17)9-12-5-3-11(4-6-12)7-13(14)15/h3-6,10H,7-9H2,1-2H3,(H,14,15). The van der Waals surface area contributed by atoms with Crippen molar-refractivity contribution in [2.45, 2.75) is 26.0 Å². The van der Waals surface area contributed by atoms with Crippen LogP contribution in [0.2, 0.25) is 0 Å². The zero-order valence-electron chi connectivity index (χ0n) is 10.6. The minimum atomic E-state index is -3.09. The van der Waals surface area contributed by atoms with Gasteiger partial charge in [0.15, 0.2) is 9.84 Å². The van der Waals surface area contributed by atoms with Crippen LogP contribution in [0.5, 0.6) is 0 Å². The van der Waals surface area contributed by atoms with Gasteiger partial charge in [0.1, 0.15) is 0 Å². The average molecular weight is 270 g/mol. The normalized spacial score (nSPS) is 11.7. The zero-order valence-corrected chi connectivity index (χ0v) is 11.4. The second-order valence-electron chi connectivity index (χ2n) is 4.84. The van der Waals surface area contributed by atoms with Crippen molar-refractivity contribution in [3.05, 3.63) is 35.4 Å². The van der Waals surface area contributed by atoms with Gasteiger partial charge in [0.2, 0.25) is 0 Å². The van der Waals surface area contributed by atoms with E-state index in [4.69, 9.17) is 5.11 Å². The molecule has 0 spiro atoms. The number of sulfone groups is 1. The SMILES string of the molecule is CC(C)CS(=O)(=O)Cc1ccc(CC(=O)O)cc1. The first kappa shape index (κ1) is 14.7. The van der Waals surface area contributed by atoms with Crippen LogP contribution < -0.4 is 0 Å². The maximum Gasteiger partial charge on any atom is 0.307 e. The molecule has 0 aromatic heterocycles. The van der Waals surface area contributed by atoms with Crippen LogP contribution >= 0.6 is 0 Å². The molecule has 100 valence electrons. The van der Waals surface area contributed by atoms with Gasteiger partial charge in [0.25, 0.3) is 0 Å². The summed E-state index contributed by atoms with van der Waals surface area (Å²) in [6.07, 6.45) is -0.0426. The lowest BCUT2D eigenvalue weighted by molar-refractivity contribution is -0.136. The van der Waals surface area contributed by atoms with Crippen molar-refractivity contribution in [3.8, 4) is 0 Å². The summed E-state index contributed by atoms with van der Waals surface area (Å²) in [4.78, 5) is 10.5. The molecule has 0 amide bonds. The molecule has 1 aromatic carbocycles. The fourth-order valence-electron chi connectivity index (χ4n) is 1.75. The van der Waals surface area contributed by atoms with Crippen molar-refractivity contribution < 1.29 is 18.3 Å². The predicted molar refractivity (Wildman–Crippen MR) is 70.1 cm³/mol. The second kappa shape index (κ2) is 6.00. The van der Waals surface area contributed by atoms with Crippen LogP contribution in [0.25, 0.3) is 0 Å². The molecule has 1 N–H and O–H groups in total. The molecule has 5 heteroatoms. The molecule has 1 rings (SSSR count). The molecule has 4 nitrogen and oxygen atoms in total. The number of aliphatic carboxylic acids is 1. The summed E-state index contributed by atoms with van der Waals surface area (Å²) < 4.78 is 23.6. The molecule has 0 radical (unpaired) electrons. The van der Waals surface area contributed by atoms with E-state index in [-0.39, 0.29) is 23.8 Å². The molecule has 18 heavy (non-hydrogen) atoms. The van der Waals surface area contributed by atoms with Crippen LogP contribution in [0.1, 0.15) is 25.0 Å². The van der Waals surface area contributed by atoms with Gasteiger partial charge in [-0.05, 0) is 17.0 Å². The highest BCUT2D eigenvalue weighted by Crippen LogP contribution is 2.11. The summed E-state index contributed by atoms with van der Waals surface area (Å²) in [7, 11) is -3.09. The predicted octanol–water partition coefficient (Wildman–Crippen LogP) is 1.88. The van der Waals surface area contributed by atoms with E-state index >= 15 is 0 Å². The van der Waals surface area contributed by atoms with Gasteiger partial charge in [0.05, 0.1) is 17.9 Å². The number of benzene rings is 1. The highest BCUT2D eigenvalue weighted by atomic mass is 32.2. The minimum Gasteiger partial charge on any atom is -0.481 e. The van der Waals surface area contributed by atoms with Gasteiger partial charge < -0.3 is 5.11 Å². The fraction of sp³-hybridized carbons (Fsp3) is 0.462. The van der Waals surface area contributed by atoms with Gasteiger partial charge >= 0.3 is 5.97 Å². The van der Waals surface area contributed by atoms with Gasteiger partial charge in [-0.25, -0.2) is 8.42 Å². The number of carboxylic acid groups (broad SMARTS) is 1. The first-order chi connectivity index (χ1) is 8.28. The summed E-state index contributed by atoms with van der Waals surface area (Å²) in [6.45, 7) is 3.74. The third-order valence-electron chi connectivity index (χ3n) is 2.35. The molecule has 0 unspecified atom stereocenters. The summed E-state index contributed by atoms with van der Waals surface area (Å²) in [5, 5.41) is 8.63. The molecular weight excluding hydrogens is 252 g/mol. The highest BCUT2D eigenvalue weighted by molar-refractivity contribution is 7.90. The van der Waals surface area contributed by atoms with Crippen molar-refractivity contribution in [1.29, 1.82) is 0 Å². The molecule has 0 aliphatic rings. The Hall–Kier alpha value is -1.36. The Balaban J connectivity index is 2.72. The molecule has 1 aromatic rings. The Morgan fingerprint density at radius 2 is 1.67 bits per heavy atom. The van der Waals surface area contributed by atoms with Crippen LogP contribution in [0.15, 0.2) is 24.3 Å². The Kier molecular flexibility index (Phi) is 4.90.